The fourth-order valence-corrected chi connectivity index (χ4v) is 2.57. The van der Waals surface area contributed by atoms with E-state index in [-0.39, 0.29) is 22.9 Å². The van der Waals surface area contributed by atoms with Gasteiger partial charge in [0.1, 0.15) is 11.4 Å². The molecule has 2 amide bonds. The molecular weight excluding hydrogens is 379 g/mol. The molecule has 1 saturated heterocycles. The van der Waals surface area contributed by atoms with Gasteiger partial charge in [0.15, 0.2) is 6.61 Å². The number of benzene rings is 1. The lowest BCUT2D eigenvalue weighted by atomic mass is 10.1. The van der Waals surface area contributed by atoms with Crippen molar-refractivity contribution in [2.45, 2.75) is 32.5 Å². The zero-order valence-electron chi connectivity index (χ0n) is 16.0. The summed E-state index contributed by atoms with van der Waals surface area (Å²) < 4.78 is 46.7. The highest BCUT2D eigenvalue weighted by Gasteiger charge is 2.30. The Kier molecular flexibility index (Phi) is 6.30. The number of alkyl halides is 3. The molecule has 0 bridgehead atoms. The Balaban J connectivity index is 1.94. The topological polar surface area (TPSA) is 85.1 Å². The quantitative estimate of drug-likeness (QED) is 0.785. The average molecular weight is 403 g/mol. The number of piperazine rings is 1. The highest BCUT2D eigenvalue weighted by molar-refractivity contribution is 5.95. The monoisotopic (exact) mass is 403 g/mol. The van der Waals surface area contributed by atoms with Gasteiger partial charge in [-0.2, -0.15) is 13.2 Å². The molecule has 1 fully saturated rings. The fourth-order valence-electron chi connectivity index (χ4n) is 2.57. The number of carbonyl (C=O) groups excluding carboxylic acids is 2. The summed E-state index contributed by atoms with van der Waals surface area (Å²) >= 11 is 0. The second-order valence-electron chi connectivity index (χ2n) is 7.42. The van der Waals surface area contributed by atoms with Crippen LogP contribution >= 0.6 is 0 Å². The molecule has 2 N–H and O–H groups in total. The van der Waals surface area contributed by atoms with Crippen LogP contribution in [0.25, 0.3) is 0 Å². The molecular formula is C18H24F3N3O4. The fraction of sp³-hybridized carbons (Fsp3) is 0.556. The first-order valence-electron chi connectivity index (χ1n) is 8.72. The van der Waals surface area contributed by atoms with Crippen molar-refractivity contribution in [1.29, 1.82) is 0 Å². The minimum absolute atomic E-state index is 0.0532. The third-order valence-electron chi connectivity index (χ3n) is 3.87. The molecule has 28 heavy (non-hydrogen) atoms. The summed E-state index contributed by atoms with van der Waals surface area (Å²) in [5.74, 6) is -0.457. The van der Waals surface area contributed by atoms with Crippen LogP contribution in [0.2, 0.25) is 0 Å². The second kappa shape index (κ2) is 8.15. The maximum atomic E-state index is 12.6. The van der Waals surface area contributed by atoms with E-state index in [2.05, 4.69) is 4.74 Å². The lowest BCUT2D eigenvalue weighted by Crippen LogP contribution is -2.51. The van der Waals surface area contributed by atoms with Crippen molar-refractivity contribution in [2.24, 2.45) is 0 Å². The smallest absolute Gasteiger partial charge is 0.422 e. The van der Waals surface area contributed by atoms with E-state index >= 15 is 0 Å². The number of anilines is 1. The third-order valence-corrected chi connectivity index (χ3v) is 3.87. The second-order valence-corrected chi connectivity index (χ2v) is 7.42. The van der Waals surface area contributed by atoms with E-state index in [0.717, 1.165) is 0 Å². The summed E-state index contributed by atoms with van der Waals surface area (Å²) in [7, 11) is 0. The van der Waals surface area contributed by atoms with Crippen molar-refractivity contribution < 1.29 is 32.2 Å². The molecule has 0 unspecified atom stereocenters. The number of ether oxygens (including phenoxy) is 2. The predicted molar refractivity (Wildman–Crippen MR) is 96.1 cm³/mol. The molecule has 1 aliphatic heterocycles. The van der Waals surface area contributed by atoms with Gasteiger partial charge in [0.25, 0.3) is 5.91 Å². The van der Waals surface area contributed by atoms with Crippen LogP contribution in [-0.4, -0.2) is 66.4 Å². The number of halogens is 3. The molecule has 0 atom stereocenters. The van der Waals surface area contributed by atoms with Gasteiger partial charge in [0, 0.05) is 31.7 Å². The molecule has 0 radical (unpaired) electrons. The van der Waals surface area contributed by atoms with E-state index in [1.807, 2.05) is 0 Å². The van der Waals surface area contributed by atoms with E-state index in [4.69, 9.17) is 10.5 Å². The van der Waals surface area contributed by atoms with Crippen molar-refractivity contribution >= 4 is 17.7 Å². The zero-order chi connectivity index (χ0) is 21.1. The number of carbonyl (C=O) groups is 2. The molecule has 0 aromatic heterocycles. The van der Waals surface area contributed by atoms with Gasteiger partial charge in [-0.25, -0.2) is 4.79 Å². The van der Waals surface area contributed by atoms with Crippen molar-refractivity contribution in [3.8, 4) is 5.75 Å². The summed E-state index contributed by atoms with van der Waals surface area (Å²) in [4.78, 5) is 27.7. The first-order valence-corrected chi connectivity index (χ1v) is 8.72. The van der Waals surface area contributed by atoms with Crippen LogP contribution in [0.15, 0.2) is 18.2 Å². The highest BCUT2D eigenvalue weighted by Crippen LogP contribution is 2.26. The Labute approximate surface area is 161 Å². The van der Waals surface area contributed by atoms with Gasteiger partial charge in [-0.3, -0.25) is 4.79 Å². The Morgan fingerprint density at radius 1 is 1.07 bits per heavy atom. The minimum Gasteiger partial charge on any atom is -0.482 e. The van der Waals surface area contributed by atoms with Crippen molar-refractivity contribution in [1.82, 2.24) is 9.80 Å². The van der Waals surface area contributed by atoms with E-state index < -0.39 is 24.5 Å². The molecule has 0 aliphatic carbocycles. The molecule has 1 aromatic carbocycles. The molecule has 10 heteroatoms. The molecule has 2 rings (SSSR count). The van der Waals surface area contributed by atoms with Crippen LogP contribution in [0.5, 0.6) is 5.75 Å². The average Bonchev–Trinajstić information content (AvgIpc) is 2.58. The first-order chi connectivity index (χ1) is 12.9. The van der Waals surface area contributed by atoms with E-state index in [1.165, 1.54) is 23.1 Å². The molecule has 0 spiro atoms. The number of nitrogens with two attached hydrogens (primary N) is 1. The Morgan fingerprint density at radius 3 is 2.14 bits per heavy atom. The molecule has 1 aliphatic rings. The van der Waals surface area contributed by atoms with Gasteiger partial charge >= 0.3 is 12.3 Å². The van der Waals surface area contributed by atoms with Crippen molar-refractivity contribution in [3.05, 3.63) is 23.8 Å². The van der Waals surface area contributed by atoms with Crippen molar-refractivity contribution in [3.63, 3.8) is 0 Å². The van der Waals surface area contributed by atoms with Crippen LogP contribution in [0.4, 0.5) is 23.7 Å². The lowest BCUT2D eigenvalue weighted by molar-refractivity contribution is -0.153. The first kappa shape index (κ1) is 21.6. The summed E-state index contributed by atoms with van der Waals surface area (Å²) in [5, 5.41) is 0. The predicted octanol–water partition coefficient (Wildman–Crippen LogP) is 2.90. The number of rotatable bonds is 3. The normalized spacial score (nSPS) is 15.4. The van der Waals surface area contributed by atoms with Crippen LogP contribution in [-0.2, 0) is 4.74 Å². The number of hydrogen-bond acceptors (Lipinski definition) is 5. The Bertz CT molecular complexity index is 724. The molecule has 1 heterocycles. The summed E-state index contributed by atoms with van der Waals surface area (Å²) in [6, 6.07) is 3.89. The van der Waals surface area contributed by atoms with Gasteiger partial charge in [-0.15, -0.1) is 0 Å². The minimum atomic E-state index is -4.48. The van der Waals surface area contributed by atoms with Crippen LogP contribution in [0.3, 0.4) is 0 Å². The zero-order valence-corrected chi connectivity index (χ0v) is 16.0. The Hall–Kier alpha value is -2.65. The highest BCUT2D eigenvalue weighted by atomic mass is 19.4. The Morgan fingerprint density at radius 2 is 1.64 bits per heavy atom. The summed E-state index contributed by atoms with van der Waals surface area (Å²) in [5.41, 5.74) is 5.29. The van der Waals surface area contributed by atoms with E-state index in [1.54, 1.807) is 25.7 Å². The largest absolute Gasteiger partial charge is 0.482 e. The third kappa shape index (κ3) is 6.21. The number of hydrogen-bond donors (Lipinski definition) is 1. The maximum absolute atomic E-state index is 12.6. The standard InChI is InChI=1S/C18H24F3N3O4/c1-17(2,3)28-16(26)24-8-6-23(7-9-24)15(25)12-4-5-14(13(22)10-12)27-11-18(19,20)21/h4-5,10H,6-9,11,22H2,1-3H3. The van der Waals surface area contributed by atoms with Gasteiger partial charge in [-0.05, 0) is 39.0 Å². The number of amides is 2. The van der Waals surface area contributed by atoms with Gasteiger partial charge in [0.05, 0.1) is 5.69 Å². The van der Waals surface area contributed by atoms with Gasteiger partial charge in [-0.1, -0.05) is 0 Å². The van der Waals surface area contributed by atoms with Gasteiger partial charge in [0.2, 0.25) is 0 Å². The maximum Gasteiger partial charge on any atom is 0.422 e. The summed E-state index contributed by atoms with van der Waals surface area (Å²) in [6.45, 7) is 5.13. The molecule has 156 valence electrons. The van der Waals surface area contributed by atoms with Crippen LogP contribution in [0, 0.1) is 0 Å². The van der Waals surface area contributed by atoms with E-state index in [9.17, 15) is 22.8 Å². The molecule has 1 aromatic rings. The van der Waals surface area contributed by atoms with Crippen LogP contribution in [0.1, 0.15) is 31.1 Å². The number of nitrogen functional groups attached to an aromatic ring is 1. The SMILES string of the molecule is CC(C)(C)OC(=O)N1CCN(C(=O)c2ccc(OCC(F)(F)F)c(N)c2)CC1. The van der Waals surface area contributed by atoms with Gasteiger partial charge < -0.3 is 25.0 Å². The molecule has 0 saturated carbocycles. The summed E-state index contributed by atoms with van der Waals surface area (Å²) in [6.07, 6.45) is -4.91. The van der Waals surface area contributed by atoms with Crippen molar-refractivity contribution in [2.75, 3.05) is 38.5 Å². The lowest BCUT2D eigenvalue weighted by Gasteiger charge is -2.35. The van der Waals surface area contributed by atoms with Crippen LogP contribution < -0.4 is 10.5 Å². The number of nitrogens with zero attached hydrogens (tertiary/aromatic N) is 2. The molecule has 7 nitrogen and oxygen atoms in total. The van der Waals surface area contributed by atoms with E-state index in [0.29, 0.717) is 26.2 Å².